The molecule has 0 saturated carbocycles. The molecule has 2 aliphatic heterocycles. The number of nitrogens with zero attached hydrogens (tertiary/aromatic N) is 8. The number of hydrogen-bond acceptors (Lipinski definition) is 13. The monoisotopic (exact) mass is 645 g/mol. The Bertz CT molecular complexity index is 1820. The lowest BCUT2D eigenvalue weighted by molar-refractivity contribution is -0.127. The number of carbonyl (C=O) groups is 2. The summed E-state index contributed by atoms with van der Waals surface area (Å²) in [5.41, 5.74) is 7.02. The van der Waals surface area contributed by atoms with Crippen LogP contribution in [0, 0.1) is 0 Å². The van der Waals surface area contributed by atoms with Gasteiger partial charge in [0.05, 0.1) is 12.2 Å². The summed E-state index contributed by atoms with van der Waals surface area (Å²) in [5.74, 6) is -0.837. The Morgan fingerprint density at radius 1 is 1.23 bits per heavy atom. The zero-order valence-electron chi connectivity index (χ0n) is 22.8. The van der Waals surface area contributed by atoms with Gasteiger partial charge < -0.3 is 26.1 Å². The topological polar surface area (TPSA) is 216 Å². The third-order valence-corrected chi connectivity index (χ3v) is 11.8. The third kappa shape index (κ3) is 5.68. The molecule has 16 nitrogen and oxygen atoms in total. The van der Waals surface area contributed by atoms with Gasteiger partial charge in [-0.15, -0.1) is 32.9 Å². The largest absolute Gasteiger partial charge is 0.409 e. The predicted octanol–water partition coefficient (Wildman–Crippen LogP) is -0.215. The van der Waals surface area contributed by atoms with Gasteiger partial charge in [0.2, 0.25) is 5.91 Å². The maximum atomic E-state index is 13.8. The molecule has 43 heavy (non-hydrogen) atoms. The number of nitrogens with one attached hydrogen (secondary N) is 2. The van der Waals surface area contributed by atoms with Crippen LogP contribution in [-0.2, 0) is 34.3 Å². The van der Waals surface area contributed by atoms with Crippen molar-refractivity contribution in [3.63, 3.8) is 0 Å². The quantitative estimate of drug-likeness (QED) is 0.0892. The Balaban J connectivity index is 1.27. The first-order valence-corrected chi connectivity index (χ1v) is 16.2. The molecule has 2 aliphatic rings. The van der Waals surface area contributed by atoms with Crippen molar-refractivity contribution in [1.82, 2.24) is 45.0 Å². The van der Waals surface area contributed by atoms with Crippen molar-refractivity contribution in [1.29, 1.82) is 0 Å². The van der Waals surface area contributed by atoms with Crippen LogP contribution in [0.4, 0.5) is 0 Å². The molecule has 0 aliphatic carbocycles. The molecule has 1 fully saturated rings. The number of hydrogen-bond donors (Lipinski definition) is 4. The highest BCUT2D eigenvalue weighted by Gasteiger charge is 2.41. The van der Waals surface area contributed by atoms with Crippen LogP contribution in [0.1, 0.15) is 31.8 Å². The van der Waals surface area contributed by atoms with Gasteiger partial charge in [-0.2, -0.15) is 9.52 Å². The first kappa shape index (κ1) is 29.1. The van der Waals surface area contributed by atoms with Gasteiger partial charge in [-0.1, -0.05) is 10.4 Å². The predicted molar refractivity (Wildman–Crippen MR) is 156 cm³/mol. The van der Waals surface area contributed by atoms with E-state index in [-0.39, 0.29) is 47.1 Å². The average Bonchev–Trinajstić information content (AvgIpc) is 3.78. The number of amides is 2. The molecule has 6 rings (SSSR count). The zero-order valence-corrected chi connectivity index (χ0v) is 25.2. The number of piperazine rings is 1. The molecule has 1 saturated heterocycles. The van der Waals surface area contributed by atoms with E-state index in [2.05, 4.69) is 41.0 Å². The second kappa shape index (κ2) is 11.6. The van der Waals surface area contributed by atoms with Crippen molar-refractivity contribution in [2.45, 2.75) is 29.8 Å². The third-order valence-electron chi connectivity index (χ3n) is 7.31. The van der Waals surface area contributed by atoms with Crippen molar-refractivity contribution in [3.05, 3.63) is 51.2 Å². The Kier molecular flexibility index (Phi) is 7.81. The molecule has 1 unspecified atom stereocenters. The molecular formula is C24H27N11O5S3. The van der Waals surface area contributed by atoms with Gasteiger partial charge >= 0.3 is 0 Å². The smallest absolute Gasteiger partial charge is 0.283 e. The minimum absolute atomic E-state index is 0.0128. The highest BCUT2D eigenvalue weighted by molar-refractivity contribution is 7.91. The lowest BCUT2D eigenvalue weighted by atomic mass is 10.1. The second-order valence-electron chi connectivity index (χ2n) is 10.1. The van der Waals surface area contributed by atoms with Crippen LogP contribution in [-0.4, -0.2) is 110 Å². The number of carbonyl (C=O) groups excluding carboxylic acids is 2. The van der Waals surface area contributed by atoms with E-state index < -0.39 is 27.9 Å². The van der Waals surface area contributed by atoms with Crippen LogP contribution in [0.25, 0.3) is 10.1 Å². The zero-order chi connectivity index (χ0) is 30.3. The number of tetrazole rings is 1. The summed E-state index contributed by atoms with van der Waals surface area (Å²) in [6.07, 6.45) is 0.728. The van der Waals surface area contributed by atoms with E-state index in [1.165, 1.54) is 26.6 Å². The van der Waals surface area contributed by atoms with Crippen LogP contribution in [0.3, 0.4) is 0 Å². The molecule has 0 bridgehead atoms. The first-order chi connectivity index (χ1) is 20.6. The minimum atomic E-state index is -4.04. The number of aromatic nitrogens is 5. The molecule has 5 N–H and O–H groups in total. The molecule has 3 aromatic heterocycles. The molecule has 1 atom stereocenters. The summed E-state index contributed by atoms with van der Waals surface area (Å²) >= 11 is 2.38. The molecule has 2 amide bonds. The summed E-state index contributed by atoms with van der Waals surface area (Å²) < 4.78 is 29.6. The molecular weight excluding hydrogens is 619 g/mol. The fraction of sp³-hybridized carbons (Fsp3) is 0.375. The minimum Gasteiger partial charge on any atom is -0.409 e. The Hall–Kier alpha value is -4.04. The molecule has 19 heteroatoms. The summed E-state index contributed by atoms with van der Waals surface area (Å²) in [6, 6.07) is 5.35. The number of thiophene rings is 1. The Labute approximate surface area is 253 Å². The number of thiazole rings is 1. The van der Waals surface area contributed by atoms with Gasteiger partial charge in [-0.25, -0.2) is 13.4 Å². The van der Waals surface area contributed by atoms with Crippen LogP contribution >= 0.6 is 22.7 Å². The van der Waals surface area contributed by atoms with Crippen molar-refractivity contribution < 1.29 is 23.2 Å². The van der Waals surface area contributed by atoms with Crippen molar-refractivity contribution >= 4 is 60.4 Å². The summed E-state index contributed by atoms with van der Waals surface area (Å²) in [6.45, 7) is 1.18. The van der Waals surface area contributed by atoms with E-state index in [9.17, 15) is 18.0 Å². The standard InChI is InChI=1S/C24H27N11O5S3/c1-33-5-4-15-18(12-33)42-23(27-15)24(37)35-7-6-34(11-16(35)22(36)26-10-19-28-31-32-29-19)43(39,40)20-9-14-8-13(21(25)30-38)2-3-17(14)41-20/h2-3,8-9,16,38H,4-7,10-12H2,1H3,(H2,25,30)(H,26,36)(H,28,29,31,32). The van der Waals surface area contributed by atoms with Crippen molar-refractivity contribution in [3.8, 4) is 0 Å². The van der Waals surface area contributed by atoms with Gasteiger partial charge in [-0.3, -0.25) is 9.59 Å². The summed E-state index contributed by atoms with van der Waals surface area (Å²) in [7, 11) is -2.04. The van der Waals surface area contributed by atoms with Gasteiger partial charge in [-0.05, 0) is 36.7 Å². The van der Waals surface area contributed by atoms with Gasteiger partial charge in [0.1, 0.15) is 10.3 Å². The highest BCUT2D eigenvalue weighted by atomic mass is 32.2. The number of aromatic amines is 1. The van der Waals surface area contributed by atoms with Crippen LogP contribution in [0.5, 0.6) is 0 Å². The summed E-state index contributed by atoms with van der Waals surface area (Å²) in [5, 5.41) is 29.0. The van der Waals surface area contributed by atoms with Crippen LogP contribution in [0.2, 0.25) is 0 Å². The fourth-order valence-electron chi connectivity index (χ4n) is 5.01. The maximum absolute atomic E-state index is 13.8. The van der Waals surface area contributed by atoms with Gasteiger partial charge in [0.25, 0.3) is 15.9 Å². The number of amidine groups is 1. The molecule has 4 aromatic rings. The SMILES string of the molecule is CN1CCc2nc(C(=O)N3CCN(S(=O)(=O)c4cc5cc(C(N)=NO)ccc5s4)CC3C(=O)NCc3nn[nH]n3)sc2C1. The normalized spacial score (nSPS) is 18.6. The molecule has 0 radical (unpaired) electrons. The number of nitrogens with two attached hydrogens (primary N) is 1. The first-order valence-electron chi connectivity index (χ1n) is 13.1. The van der Waals surface area contributed by atoms with E-state index in [4.69, 9.17) is 10.9 Å². The van der Waals surface area contributed by atoms with E-state index in [0.29, 0.717) is 22.2 Å². The number of oxime groups is 1. The van der Waals surface area contributed by atoms with Crippen molar-refractivity contribution in [2.75, 3.05) is 33.2 Å². The molecule has 1 aromatic carbocycles. The van der Waals surface area contributed by atoms with Crippen LogP contribution < -0.4 is 11.1 Å². The Morgan fingerprint density at radius 3 is 2.84 bits per heavy atom. The van der Waals surface area contributed by atoms with E-state index >= 15 is 0 Å². The lowest BCUT2D eigenvalue weighted by Gasteiger charge is -2.39. The van der Waals surface area contributed by atoms with Gasteiger partial charge in [0, 0.05) is 54.3 Å². The van der Waals surface area contributed by atoms with E-state index in [0.717, 1.165) is 34.9 Å². The number of H-pyrrole nitrogens is 1. The maximum Gasteiger partial charge on any atom is 0.283 e. The average molecular weight is 646 g/mol. The number of fused-ring (bicyclic) bond motifs is 2. The van der Waals surface area contributed by atoms with Gasteiger partial charge in [0.15, 0.2) is 16.7 Å². The van der Waals surface area contributed by atoms with E-state index in [1.54, 1.807) is 18.2 Å². The molecule has 5 heterocycles. The molecule has 0 spiro atoms. The molecule has 226 valence electrons. The fourth-order valence-corrected chi connectivity index (χ4v) is 9.13. The lowest BCUT2D eigenvalue weighted by Crippen LogP contribution is -2.61. The van der Waals surface area contributed by atoms with Crippen molar-refractivity contribution in [2.24, 2.45) is 10.9 Å². The number of rotatable bonds is 7. The second-order valence-corrected chi connectivity index (χ2v) is 14.4. The number of benzene rings is 1. The Morgan fingerprint density at radius 2 is 2.07 bits per heavy atom. The van der Waals surface area contributed by atoms with Crippen LogP contribution in [0.15, 0.2) is 33.6 Å². The number of likely N-dealkylation sites (N-methyl/N-ethyl adjacent to an activating group) is 1. The summed E-state index contributed by atoms with van der Waals surface area (Å²) in [4.78, 5) is 36.3. The number of sulfonamides is 1. The van der Waals surface area contributed by atoms with E-state index in [1.807, 2.05) is 7.05 Å². The highest BCUT2D eigenvalue weighted by Crippen LogP contribution is 2.33.